The van der Waals surface area contributed by atoms with E-state index in [2.05, 4.69) is 0 Å². The van der Waals surface area contributed by atoms with Crippen molar-refractivity contribution in [1.29, 1.82) is 0 Å². The Morgan fingerprint density at radius 2 is 2.07 bits per heavy atom. The molecule has 0 spiro atoms. The average Bonchev–Trinajstić information content (AvgIpc) is 2.70. The maximum absolute atomic E-state index is 13.4. The zero-order valence-electron chi connectivity index (χ0n) is 7.84. The lowest BCUT2D eigenvalue weighted by atomic mass is 10.1. The summed E-state index contributed by atoms with van der Waals surface area (Å²) in [6.07, 6.45) is 0. The van der Waals surface area contributed by atoms with E-state index in [9.17, 15) is 8.78 Å². The Morgan fingerprint density at radius 3 is 2.73 bits per heavy atom. The first-order valence-corrected chi connectivity index (χ1v) is 5.32. The summed E-state index contributed by atoms with van der Waals surface area (Å²) in [5, 5.41) is 1.78. The lowest BCUT2D eigenvalue weighted by Gasteiger charge is -2.00. The van der Waals surface area contributed by atoms with Gasteiger partial charge in [0.15, 0.2) is 11.6 Å². The molecule has 0 aliphatic rings. The summed E-state index contributed by atoms with van der Waals surface area (Å²) < 4.78 is 26.4. The molecule has 1 aromatic carbocycles. The normalized spacial score (nSPS) is 10.6. The molecule has 2 rings (SSSR count). The maximum Gasteiger partial charge on any atom is 0.166 e. The number of benzene rings is 1. The highest BCUT2D eigenvalue weighted by atomic mass is 32.1. The quantitative estimate of drug-likeness (QED) is 0.834. The first-order chi connectivity index (χ1) is 7.22. The largest absolute Gasteiger partial charge is 0.326 e. The Hall–Kier alpha value is -1.26. The summed E-state index contributed by atoms with van der Waals surface area (Å²) in [6, 6.07) is 5.94. The van der Waals surface area contributed by atoms with Crippen LogP contribution in [-0.4, -0.2) is 0 Å². The molecule has 0 saturated carbocycles. The fourth-order valence-electron chi connectivity index (χ4n) is 1.36. The predicted octanol–water partition coefficient (Wildman–Crippen LogP) is 3.15. The fourth-order valence-corrected chi connectivity index (χ4v) is 2.12. The molecule has 2 aromatic rings. The second-order valence-electron chi connectivity index (χ2n) is 3.11. The molecule has 1 aromatic heterocycles. The summed E-state index contributed by atoms with van der Waals surface area (Å²) in [5.74, 6) is -1.63. The predicted molar refractivity (Wildman–Crippen MR) is 57.6 cm³/mol. The minimum absolute atomic E-state index is 0.283. The lowest BCUT2D eigenvalue weighted by Crippen LogP contribution is -1.92. The van der Waals surface area contributed by atoms with Crippen molar-refractivity contribution in [3.05, 3.63) is 46.2 Å². The number of thiophene rings is 1. The van der Waals surface area contributed by atoms with Gasteiger partial charge in [0.05, 0.1) is 0 Å². The molecule has 1 heterocycles. The van der Waals surface area contributed by atoms with Gasteiger partial charge in [-0.3, -0.25) is 0 Å². The Balaban J connectivity index is 2.49. The average molecular weight is 225 g/mol. The number of rotatable bonds is 2. The third kappa shape index (κ3) is 1.91. The lowest BCUT2D eigenvalue weighted by molar-refractivity contribution is 0.511. The van der Waals surface area contributed by atoms with Crippen LogP contribution >= 0.6 is 11.3 Å². The van der Waals surface area contributed by atoms with E-state index in [1.165, 1.54) is 17.4 Å². The number of hydrogen-bond donors (Lipinski definition) is 1. The van der Waals surface area contributed by atoms with Crippen LogP contribution in [0.2, 0.25) is 0 Å². The SMILES string of the molecule is NCc1cc(-c2cccc(F)c2F)cs1. The van der Waals surface area contributed by atoms with Gasteiger partial charge in [0, 0.05) is 17.0 Å². The van der Waals surface area contributed by atoms with Crippen molar-refractivity contribution >= 4 is 11.3 Å². The van der Waals surface area contributed by atoms with Crippen molar-refractivity contribution in [1.82, 2.24) is 0 Å². The summed E-state index contributed by atoms with van der Waals surface area (Å²) >= 11 is 1.44. The Kier molecular flexibility index (Phi) is 2.79. The Morgan fingerprint density at radius 1 is 1.27 bits per heavy atom. The van der Waals surface area contributed by atoms with Crippen molar-refractivity contribution in [2.75, 3.05) is 0 Å². The number of halogens is 2. The van der Waals surface area contributed by atoms with Crippen molar-refractivity contribution < 1.29 is 8.78 Å². The second-order valence-corrected chi connectivity index (χ2v) is 4.10. The van der Waals surface area contributed by atoms with Gasteiger partial charge in [-0.25, -0.2) is 8.78 Å². The topological polar surface area (TPSA) is 26.0 Å². The molecule has 0 saturated heterocycles. The van der Waals surface area contributed by atoms with Crippen LogP contribution in [0.3, 0.4) is 0 Å². The van der Waals surface area contributed by atoms with Crippen LogP contribution in [0.25, 0.3) is 11.1 Å². The molecule has 4 heteroatoms. The van der Waals surface area contributed by atoms with Gasteiger partial charge in [-0.05, 0) is 23.1 Å². The standard InChI is InChI=1S/C11H9F2NS/c12-10-3-1-2-9(11(10)13)7-4-8(5-14)15-6-7/h1-4,6H,5,14H2. The van der Waals surface area contributed by atoms with E-state index < -0.39 is 11.6 Å². The van der Waals surface area contributed by atoms with E-state index in [0.717, 1.165) is 10.9 Å². The molecular weight excluding hydrogens is 216 g/mol. The van der Waals surface area contributed by atoms with Crippen molar-refractivity contribution in [3.8, 4) is 11.1 Å². The van der Waals surface area contributed by atoms with Gasteiger partial charge in [0.1, 0.15) is 0 Å². The van der Waals surface area contributed by atoms with Crippen molar-refractivity contribution in [3.63, 3.8) is 0 Å². The molecule has 78 valence electrons. The monoisotopic (exact) mass is 225 g/mol. The highest BCUT2D eigenvalue weighted by Gasteiger charge is 2.10. The molecule has 0 unspecified atom stereocenters. The van der Waals surface area contributed by atoms with E-state index in [4.69, 9.17) is 5.73 Å². The first kappa shape index (κ1) is 10.3. The number of nitrogens with two attached hydrogens (primary N) is 1. The third-order valence-electron chi connectivity index (χ3n) is 2.12. The molecule has 0 fully saturated rings. The van der Waals surface area contributed by atoms with Gasteiger partial charge in [-0.1, -0.05) is 12.1 Å². The van der Waals surface area contributed by atoms with Gasteiger partial charge in [0.25, 0.3) is 0 Å². The molecule has 0 amide bonds. The zero-order valence-corrected chi connectivity index (χ0v) is 8.65. The highest BCUT2D eigenvalue weighted by Crippen LogP contribution is 2.28. The zero-order chi connectivity index (χ0) is 10.8. The van der Waals surface area contributed by atoms with Crippen LogP contribution in [0.1, 0.15) is 4.88 Å². The van der Waals surface area contributed by atoms with Crippen molar-refractivity contribution in [2.45, 2.75) is 6.54 Å². The molecule has 0 aliphatic heterocycles. The van der Waals surface area contributed by atoms with Crippen LogP contribution < -0.4 is 5.73 Å². The van der Waals surface area contributed by atoms with E-state index in [1.54, 1.807) is 17.5 Å². The molecule has 0 aliphatic carbocycles. The van der Waals surface area contributed by atoms with E-state index in [1.807, 2.05) is 0 Å². The molecule has 15 heavy (non-hydrogen) atoms. The van der Waals surface area contributed by atoms with Crippen LogP contribution in [0.15, 0.2) is 29.6 Å². The van der Waals surface area contributed by atoms with Crippen LogP contribution in [0.4, 0.5) is 8.78 Å². The van der Waals surface area contributed by atoms with Crippen LogP contribution in [0, 0.1) is 11.6 Å². The molecule has 1 nitrogen and oxygen atoms in total. The maximum atomic E-state index is 13.4. The molecule has 0 radical (unpaired) electrons. The van der Waals surface area contributed by atoms with Gasteiger partial charge >= 0.3 is 0 Å². The Bertz CT molecular complexity index is 479. The van der Waals surface area contributed by atoms with Gasteiger partial charge in [-0.15, -0.1) is 11.3 Å². The van der Waals surface area contributed by atoms with E-state index in [0.29, 0.717) is 12.1 Å². The summed E-state index contributed by atoms with van der Waals surface area (Å²) in [6.45, 7) is 0.418. The summed E-state index contributed by atoms with van der Waals surface area (Å²) in [4.78, 5) is 0.952. The van der Waals surface area contributed by atoms with E-state index >= 15 is 0 Å². The molecule has 0 atom stereocenters. The summed E-state index contributed by atoms with van der Waals surface area (Å²) in [5.41, 5.74) is 6.41. The fraction of sp³-hybridized carbons (Fsp3) is 0.0909. The molecule has 0 bridgehead atoms. The second kappa shape index (κ2) is 4.08. The van der Waals surface area contributed by atoms with E-state index in [-0.39, 0.29) is 5.56 Å². The highest BCUT2D eigenvalue weighted by molar-refractivity contribution is 7.10. The minimum atomic E-state index is -0.826. The molecular formula is C11H9F2NS. The number of hydrogen-bond acceptors (Lipinski definition) is 2. The first-order valence-electron chi connectivity index (χ1n) is 4.44. The van der Waals surface area contributed by atoms with Crippen LogP contribution in [0.5, 0.6) is 0 Å². The van der Waals surface area contributed by atoms with Crippen molar-refractivity contribution in [2.24, 2.45) is 5.73 Å². The van der Waals surface area contributed by atoms with Gasteiger partial charge in [-0.2, -0.15) is 0 Å². The van der Waals surface area contributed by atoms with Gasteiger partial charge in [0.2, 0.25) is 0 Å². The third-order valence-corrected chi connectivity index (χ3v) is 3.08. The minimum Gasteiger partial charge on any atom is -0.326 e. The van der Waals surface area contributed by atoms with Gasteiger partial charge < -0.3 is 5.73 Å². The smallest absolute Gasteiger partial charge is 0.166 e. The Labute approximate surface area is 90.2 Å². The molecule has 2 N–H and O–H groups in total. The van der Waals surface area contributed by atoms with Crippen LogP contribution in [-0.2, 0) is 6.54 Å². The summed E-state index contributed by atoms with van der Waals surface area (Å²) in [7, 11) is 0.